The molecule has 0 fully saturated rings. The summed E-state index contributed by atoms with van der Waals surface area (Å²) >= 11 is 0. The molecule has 0 aliphatic heterocycles. The van der Waals surface area contributed by atoms with Crippen LogP contribution in [-0.4, -0.2) is 18.0 Å². The van der Waals surface area contributed by atoms with E-state index in [-0.39, 0.29) is 5.41 Å². The molecule has 4 heteroatoms. The van der Waals surface area contributed by atoms with E-state index in [2.05, 4.69) is 20.8 Å². The molecule has 0 heterocycles. The third-order valence-corrected chi connectivity index (χ3v) is 3.41. The van der Waals surface area contributed by atoms with Crippen LogP contribution in [0.4, 0.5) is 0 Å². The molecule has 0 saturated heterocycles. The fraction of sp³-hybridized carbons (Fsp3) is 0.500. The Balaban J connectivity index is 2.71. The van der Waals surface area contributed by atoms with Crippen molar-refractivity contribution in [3.8, 4) is 5.75 Å². The lowest BCUT2D eigenvalue weighted by atomic mass is 9.82. The number of benzene rings is 1. The van der Waals surface area contributed by atoms with Crippen LogP contribution in [0.2, 0.25) is 0 Å². The summed E-state index contributed by atoms with van der Waals surface area (Å²) in [5.41, 5.74) is 1.28. The maximum absolute atomic E-state index is 11.7. The van der Waals surface area contributed by atoms with Gasteiger partial charge in [0, 0.05) is 6.92 Å². The molecule has 20 heavy (non-hydrogen) atoms. The van der Waals surface area contributed by atoms with Crippen molar-refractivity contribution in [2.75, 3.05) is 0 Å². The molecule has 0 aliphatic rings. The summed E-state index contributed by atoms with van der Waals surface area (Å²) in [5, 5.41) is 0. The summed E-state index contributed by atoms with van der Waals surface area (Å²) in [6.07, 6.45) is 0.120. The molecule has 1 atom stereocenters. The van der Waals surface area contributed by atoms with E-state index >= 15 is 0 Å². The van der Waals surface area contributed by atoms with Crippen LogP contribution < -0.4 is 4.74 Å². The average molecular weight is 278 g/mol. The Bertz CT molecular complexity index is 474. The van der Waals surface area contributed by atoms with Crippen molar-refractivity contribution >= 4 is 11.9 Å². The number of carbonyl (C=O) groups excluding carboxylic acids is 2. The van der Waals surface area contributed by atoms with Crippen molar-refractivity contribution in [3.63, 3.8) is 0 Å². The smallest absolute Gasteiger partial charge is 0.352 e. The molecule has 0 radical (unpaired) electrons. The van der Waals surface area contributed by atoms with E-state index in [0.717, 1.165) is 6.42 Å². The summed E-state index contributed by atoms with van der Waals surface area (Å²) in [6, 6.07) is 7.40. The monoisotopic (exact) mass is 278 g/mol. The molecule has 110 valence electrons. The Hall–Kier alpha value is -1.84. The molecule has 0 N–H and O–H groups in total. The third kappa shape index (κ3) is 4.37. The van der Waals surface area contributed by atoms with Gasteiger partial charge in [-0.3, -0.25) is 4.79 Å². The Morgan fingerprint density at radius 2 is 1.75 bits per heavy atom. The van der Waals surface area contributed by atoms with Gasteiger partial charge in [-0.15, -0.1) is 0 Å². The van der Waals surface area contributed by atoms with E-state index in [1.54, 1.807) is 12.1 Å². The molecule has 0 saturated carbocycles. The van der Waals surface area contributed by atoms with Gasteiger partial charge in [-0.25, -0.2) is 4.79 Å². The zero-order valence-corrected chi connectivity index (χ0v) is 12.7. The highest BCUT2D eigenvalue weighted by atomic mass is 16.6. The quantitative estimate of drug-likeness (QED) is 0.613. The van der Waals surface area contributed by atoms with Crippen LogP contribution in [0.25, 0.3) is 0 Å². The highest BCUT2D eigenvalue weighted by Crippen LogP contribution is 2.28. The average Bonchev–Trinajstić information content (AvgIpc) is 2.38. The number of esters is 2. The first-order chi connectivity index (χ1) is 9.26. The second kappa shape index (κ2) is 6.55. The fourth-order valence-corrected chi connectivity index (χ4v) is 1.67. The van der Waals surface area contributed by atoms with Crippen molar-refractivity contribution in [2.45, 2.75) is 52.6 Å². The van der Waals surface area contributed by atoms with Crippen LogP contribution in [0.15, 0.2) is 24.3 Å². The normalized spacial score (nSPS) is 12.7. The van der Waals surface area contributed by atoms with Gasteiger partial charge in [-0.05, 0) is 36.5 Å². The van der Waals surface area contributed by atoms with E-state index in [1.807, 2.05) is 12.1 Å². The van der Waals surface area contributed by atoms with Crippen molar-refractivity contribution in [2.24, 2.45) is 0 Å². The van der Waals surface area contributed by atoms with Gasteiger partial charge in [-0.1, -0.05) is 32.9 Å². The van der Waals surface area contributed by atoms with Gasteiger partial charge in [0.05, 0.1) is 0 Å². The number of ether oxygens (including phenoxy) is 2. The lowest BCUT2D eigenvalue weighted by molar-refractivity contribution is -0.159. The van der Waals surface area contributed by atoms with Crippen molar-refractivity contribution in [3.05, 3.63) is 29.8 Å². The first-order valence-corrected chi connectivity index (χ1v) is 6.75. The second-order valence-electron chi connectivity index (χ2n) is 5.43. The first kappa shape index (κ1) is 16.2. The fourth-order valence-electron chi connectivity index (χ4n) is 1.67. The molecular formula is C16H22O4. The van der Waals surface area contributed by atoms with Crippen molar-refractivity contribution in [1.82, 2.24) is 0 Å². The van der Waals surface area contributed by atoms with Gasteiger partial charge < -0.3 is 9.47 Å². The minimum atomic E-state index is -0.903. The largest absolute Gasteiger partial charge is 0.451 e. The van der Waals surface area contributed by atoms with Gasteiger partial charge >= 0.3 is 11.9 Å². The van der Waals surface area contributed by atoms with Crippen LogP contribution >= 0.6 is 0 Å². The molecule has 1 unspecified atom stereocenters. The third-order valence-electron chi connectivity index (χ3n) is 3.41. The zero-order chi connectivity index (χ0) is 15.3. The van der Waals surface area contributed by atoms with E-state index in [9.17, 15) is 9.59 Å². The number of hydrogen-bond acceptors (Lipinski definition) is 4. The van der Waals surface area contributed by atoms with E-state index < -0.39 is 18.0 Å². The number of rotatable bonds is 5. The molecule has 1 aromatic carbocycles. The van der Waals surface area contributed by atoms with Crippen LogP contribution in [0.3, 0.4) is 0 Å². The van der Waals surface area contributed by atoms with Gasteiger partial charge in [0.15, 0.2) is 6.10 Å². The molecule has 1 aromatic rings. The minimum absolute atomic E-state index is 0.0908. The lowest BCUT2D eigenvalue weighted by Crippen LogP contribution is -2.27. The molecule has 1 rings (SSSR count). The summed E-state index contributed by atoms with van der Waals surface area (Å²) in [7, 11) is 0. The summed E-state index contributed by atoms with van der Waals surface area (Å²) in [4.78, 5) is 22.5. The molecule has 0 aliphatic carbocycles. The Kier molecular flexibility index (Phi) is 5.31. The van der Waals surface area contributed by atoms with Crippen LogP contribution in [0.1, 0.15) is 46.6 Å². The van der Waals surface area contributed by atoms with Crippen molar-refractivity contribution < 1.29 is 19.1 Å². The van der Waals surface area contributed by atoms with E-state index in [1.165, 1.54) is 19.4 Å². The Labute approximate surface area is 120 Å². The molecule has 0 aromatic heterocycles. The molecule has 0 amide bonds. The van der Waals surface area contributed by atoms with Gasteiger partial charge in [0.2, 0.25) is 0 Å². The summed E-state index contributed by atoms with van der Waals surface area (Å²) in [5.74, 6) is -0.637. The zero-order valence-electron chi connectivity index (χ0n) is 12.7. The first-order valence-electron chi connectivity index (χ1n) is 6.75. The van der Waals surface area contributed by atoms with Gasteiger partial charge in [0.25, 0.3) is 0 Å². The maximum Gasteiger partial charge on any atom is 0.352 e. The molecule has 0 bridgehead atoms. The van der Waals surface area contributed by atoms with Gasteiger partial charge in [-0.2, -0.15) is 0 Å². The Morgan fingerprint density at radius 3 is 2.20 bits per heavy atom. The topological polar surface area (TPSA) is 52.6 Å². The number of carbonyl (C=O) groups is 2. The SMILES string of the molecule is CCC(C)(C)c1ccc(OC(=O)C(C)OC(C)=O)cc1. The van der Waals surface area contributed by atoms with Crippen LogP contribution in [0.5, 0.6) is 5.75 Å². The van der Waals surface area contributed by atoms with Crippen LogP contribution in [0, 0.1) is 0 Å². The summed E-state index contributed by atoms with van der Waals surface area (Å²) in [6.45, 7) is 9.20. The van der Waals surface area contributed by atoms with Gasteiger partial charge in [0.1, 0.15) is 5.75 Å². The summed E-state index contributed by atoms with van der Waals surface area (Å²) < 4.78 is 9.93. The number of hydrogen-bond donors (Lipinski definition) is 0. The predicted octanol–water partition coefficient (Wildman–Crippen LogP) is 3.23. The predicted molar refractivity (Wildman–Crippen MR) is 76.6 cm³/mol. The standard InChI is InChI=1S/C16H22O4/c1-6-16(4,5)13-7-9-14(10-8-13)20-15(18)11(2)19-12(3)17/h7-11H,6H2,1-5H3. The van der Waals surface area contributed by atoms with Crippen LogP contribution in [-0.2, 0) is 19.7 Å². The highest BCUT2D eigenvalue weighted by Gasteiger charge is 2.20. The molecule has 4 nitrogen and oxygen atoms in total. The van der Waals surface area contributed by atoms with E-state index in [0.29, 0.717) is 5.75 Å². The van der Waals surface area contributed by atoms with E-state index in [4.69, 9.17) is 9.47 Å². The van der Waals surface area contributed by atoms with Crippen molar-refractivity contribution in [1.29, 1.82) is 0 Å². The molecular weight excluding hydrogens is 256 g/mol. The Morgan fingerprint density at radius 1 is 1.20 bits per heavy atom. The maximum atomic E-state index is 11.7. The lowest BCUT2D eigenvalue weighted by Gasteiger charge is -2.23. The molecule has 0 spiro atoms. The minimum Gasteiger partial charge on any atom is -0.451 e. The second-order valence-corrected chi connectivity index (χ2v) is 5.43. The highest BCUT2D eigenvalue weighted by molar-refractivity contribution is 5.79.